The highest BCUT2D eigenvalue weighted by molar-refractivity contribution is 5.95. The molecule has 25 heavy (non-hydrogen) atoms. The van der Waals surface area contributed by atoms with Crippen LogP contribution in [0.5, 0.6) is 0 Å². The third-order valence-corrected chi connectivity index (χ3v) is 6.82. The van der Waals surface area contributed by atoms with Crippen LogP contribution in [0.4, 0.5) is 0 Å². The van der Waals surface area contributed by atoms with Crippen molar-refractivity contribution in [3.05, 3.63) is 29.6 Å². The second kappa shape index (κ2) is 5.78. The van der Waals surface area contributed by atoms with Crippen molar-refractivity contribution in [2.75, 3.05) is 26.2 Å². The molecular formula is C20H27N3O2. The normalized spacial score (nSPS) is 36.6. The van der Waals surface area contributed by atoms with E-state index in [0.29, 0.717) is 23.5 Å². The maximum atomic E-state index is 12.5. The molecule has 4 atom stereocenters. The summed E-state index contributed by atoms with van der Waals surface area (Å²) in [6.45, 7) is 6.12. The first-order chi connectivity index (χ1) is 12.1. The molecule has 3 aliphatic heterocycles. The molecule has 1 aromatic heterocycles. The molecule has 5 nitrogen and oxygen atoms in total. The highest BCUT2D eigenvalue weighted by Gasteiger charge is 2.62. The van der Waals surface area contributed by atoms with Crippen molar-refractivity contribution in [2.24, 2.45) is 17.8 Å². The van der Waals surface area contributed by atoms with Crippen molar-refractivity contribution in [1.82, 2.24) is 15.2 Å². The van der Waals surface area contributed by atoms with Gasteiger partial charge in [-0.25, -0.2) is 0 Å². The number of carbonyl (C=O) groups is 1. The van der Waals surface area contributed by atoms with E-state index in [2.05, 4.69) is 15.2 Å². The standard InChI is InChI=1S/C20H27N3O2/c1-13-15(3-2-8-21-13)19(24)22-9-16-17-11-23(10-14-4-5-14)12-20(17)7-6-18(16)25-20/h2-3,8,14,16-18H,4-7,9-12H2,1H3,(H,22,24)/t16-,17+,18+,20+/m0/s1. The molecule has 1 saturated carbocycles. The third kappa shape index (κ3) is 2.68. The first-order valence-electron chi connectivity index (χ1n) is 9.75. The summed E-state index contributed by atoms with van der Waals surface area (Å²) in [5.74, 6) is 1.97. The Bertz CT molecular complexity index is 689. The highest BCUT2D eigenvalue weighted by atomic mass is 16.5. The van der Waals surface area contributed by atoms with Crippen LogP contribution in [0.25, 0.3) is 0 Å². The zero-order valence-electron chi connectivity index (χ0n) is 14.9. The van der Waals surface area contributed by atoms with Crippen molar-refractivity contribution in [3.8, 4) is 0 Å². The quantitative estimate of drug-likeness (QED) is 0.890. The van der Waals surface area contributed by atoms with E-state index >= 15 is 0 Å². The van der Waals surface area contributed by atoms with E-state index in [0.717, 1.165) is 37.7 Å². The molecule has 3 saturated heterocycles. The van der Waals surface area contributed by atoms with Crippen LogP contribution in [0.15, 0.2) is 18.3 Å². The number of carbonyl (C=O) groups excluding carboxylic acids is 1. The molecule has 1 N–H and O–H groups in total. The first kappa shape index (κ1) is 15.8. The SMILES string of the molecule is Cc1ncccc1C(=O)NC[C@H]1[C@H]2CN(CC3CC3)C[C@]23CC[C@H]1O3. The summed E-state index contributed by atoms with van der Waals surface area (Å²) in [4.78, 5) is 19.4. The molecule has 1 aliphatic carbocycles. The van der Waals surface area contributed by atoms with Crippen LogP contribution in [0.2, 0.25) is 0 Å². The smallest absolute Gasteiger partial charge is 0.253 e. The number of likely N-dealkylation sites (tertiary alicyclic amines) is 1. The molecule has 0 aromatic carbocycles. The van der Waals surface area contributed by atoms with E-state index < -0.39 is 0 Å². The average Bonchev–Trinajstić information content (AvgIpc) is 3.10. The van der Waals surface area contributed by atoms with Crippen LogP contribution in [-0.4, -0.2) is 53.7 Å². The Labute approximate surface area is 149 Å². The summed E-state index contributed by atoms with van der Waals surface area (Å²) < 4.78 is 6.49. The Morgan fingerprint density at radius 3 is 3.12 bits per heavy atom. The van der Waals surface area contributed by atoms with Gasteiger partial charge in [-0.2, -0.15) is 0 Å². The zero-order valence-corrected chi connectivity index (χ0v) is 14.9. The lowest BCUT2D eigenvalue weighted by Crippen LogP contribution is -2.42. The second-order valence-corrected chi connectivity index (χ2v) is 8.51. The molecule has 4 fully saturated rings. The highest BCUT2D eigenvalue weighted by Crippen LogP contribution is 2.55. The van der Waals surface area contributed by atoms with Gasteiger partial charge in [-0.3, -0.25) is 14.7 Å². The number of nitrogens with zero attached hydrogens (tertiary/aromatic N) is 2. The Morgan fingerprint density at radius 1 is 1.44 bits per heavy atom. The van der Waals surface area contributed by atoms with Crippen molar-refractivity contribution in [2.45, 2.75) is 44.3 Å². The summed E-state index contributed by atoms with van der Waals surface area (Å²) in [5.41, 5.74) is 1.55. The maximum absolute atomic E-state index is 12.5. The predicted molar refractivity (Wildman–Crippen MR) is 94.3 cm³/mol. The Hall–Kier alpha value is -1.46. The van der Waals surface area contributed by atoms with Gasteiger partial charge in [-0.1, -0.05) is 0 Å². The number of hydrogen-bond acceptors (Lipinski definition) is 4. The molecule has 0 radical (unpaired) electrons. The van der Waals surface area contributed by atoms with Crippen LogP contribution in [0, 0.1) is 24.7 Å². The fourth-order valence-electron chi connectivity index (χ4n) is 5.39. The van der Waals surface area contributed by atoms with E-state index in [1.807, 2.05) is 19.1 Å². The first-order valence-corrected chi connectivity index (χ1v) is 9.75. The number of fused-ring (bicyclic) bond motifs is 1. The molecule has 0 unspecified atom stereocenters. The van der Waals surface area contributed by atoms with Crippen molar-refractivity contribution in [3.63, 3.8) is 0 Å². The Balaban J connectivity index is 1.25. The van der Waals surface area contributed by atoms with Gasteiger partial charge >= 0.3 is 0 Å². The fraction of sp³-hybridized carbons (Fsp3) is 0.700. The molecule has 1 amide bonds. The third-order valence-electron chi connectivity index (χ3n) is 6.82. The van der Waals surface area contributed by atoms with Crippen LogP contribution < -0.4 is 5.32 Å². The van der Waals surface area contributed by atoms with E-state index in [-0.39, 0.29) is 11.5 Å². The molecule has 5 rings (SSSR count). The lowest BCUT2D eigenvalue weighted by molar-refractivity contribution is 0.00244. The van der Waals surface area contributed by atoms with Gasteiger partial charge in [0.15, 0.2) is 0 Å². The number of ether oxygens (including phenoxy) is 1. The van der Waals surface area contributed by atoms with E-state index in [1.54, 1.807) is 6.20 Å². The molecule has 5 heteroatoms. The van der Waals surface area contributed by atoms with E-state index in [9.17, 15) is 4.79 Å². The van der Waals surface area contributed by atoms with Gasteiger partial charge in [0.05, 0.1) is 17.3 Å². The lowest BCUT2D eigenvalue weighted by Gasteiger charge is -2.29. The van der Waals surface area contributed by atoms with Gasteiger partial charge in [0.2, 0.25) is 0 Å². The van der Waals surface area contributed by atoms with Gasteiger partial charge in [-0.05, 0) is 50.7 Å². The zero-order chi connectivity index (χ0) is 17.0. The van der Waals surface area contributed by atoms with E-state index in [4.69, 9.17) is 4.74 Å². The minimum Gasteiger partial charge on any atom is -0.370 e. The van der Waals surface area contributed by atoms with E-state index in [1.165, 1.54) is 25.8 Å². The number of rotatable bonds is 5. The largest absolute Gasteiger partial charge is 0.370 e. The Kier molecular flexibility index (Phi) is 3.64. The minimum absolute atomic E-state index is 0.00439. The number of aryl methyl sites for hydroxylation is 1. The van der Waals surface area contributed by atoms with Crippen molar-refractivity contribution < 1.29 is 9.53 Å². The minimum atomic E-state index is -0.00439. The van der Waals surface area contributed by atoms with Crippen LogP contribution in [-0.2, 0) is 4.74 Å². The van der Waals surface area contributed by atoms with Gasteiger partial charge < -0.3 is 10.1 Å². The van der Waals surface area contributed by atoms with Gasteiger partial charge in [-0.15, -0.1) is 0 Å². The monoisotopic (exact) mass is 341 g/mol. The lowest BCUT2D eigenvalue weighted by atomic mass is 9.73. The second-order valence-electron chi connectivity index (χ2n) is 8.51. The van der Waals surface area contributed by atoms with Crippen molar-refractivity contribution >= 4 is 5.91 Å². The van der Waals surface area contributed by atoms with Crippen molar-refractivity contribution in [1.29, 1.82) is 0 Å². The molecular weight excluding hydrogens is 314 g/mol. The number of pyridine rings is 1. The average molecular weight is 341 g/mol. The van der Waals surface area contributed by atoms with Crippen LogP contribution in [0.1, 0.15) is 41.7 Å². The fourth-order valence-corrected chi connectivity index (χ4v) is 5.39. The summed E-state index contributed by atoms with van der Waals surface area (Å²) >= 11 is 0. The summed E-state index contributed by atoms with van der Waals surface area (Å²) in [6, 6.07) is 3.67. The topological polar surface area (TPSA) is 54.5 Å². The van der Waals surface area contributed by atoms with Gasteiger partial charge in [0.1, 0.15) is 0 Å². The molecule has 1 aromatic rings. The molecule has 4 heterocycles. The number of aromatic nitrogens is 1. The number of nitrogens with one attached hydrogen (secondary N) is 1. The number of amides is 1. The summed E-state index contributed by atoms with van der Waals surface area (Å²) in [7, 11) is 0. The molecule has 2 bridgehead atoms. The maximum Gasteiger partial charge on any atom is 0.253 e. The van der Waals surface area contributed by atoms with Gasteiger partial charge in [0.25, 0.3) is 5.91 Å². The van der Waals surface area contributed by atoms with Crippen LogP contribution >= 0.6 is 0 Å². The Morgan fingerprint density at radius 2 is 2.32 bits per heavy atom. The summed E-state index contributed by atoms with van der Waals surface area (Å²) in [6.07, 6.45) is 7.23. The van der Waals surface area contributed by atoms with Crippen LogP contribution in [0.3, 0.4) is 0 Å². The predicted octanol–water partition coefficient (Wildman–Crippen LogP) is 2.01. The number of hydrogen-bond donors (Lipinski definition) is 1. The molecule has 134 valence electrons. The summed E-state index contributed by atoms with van der Waals surface area (Å²) in [5, 5.41) is 3.17. The molecule has 4 aliphatic rings. The molecule has 1 spiro atoms. The van der Waals surface area contributed by atoms with Gasteiger partial charge in [0, 0.05) is 49.9 Å².